The number of carbonyl (C=O) groups excluding carboxylic acids is 1. The Morgan fingerprint density at radius 3 is 2.59 bits per heavy atom. The van der Waals surface area contributed by atoms with Gasteiger partial charge in [0.1, 0.15) is 6.10 Å². The first-order valence-electron chi connectivity index (χ1n) is 6.20. The Kier molecular flexibility index (Phi) is 4.15. The summed E-state index contributed by atoms with van der Waals surface area (Å²) in [7, 11) is 0. The molecule has 0 aliphatic heterocycles. The largest absolute Gasteiger partial charge is 0.373 e. The molecule has 0 bridgehead atoms. The van der Waals surface area contributed by atoms with Crippen molar-refractivity contribution >= 4 is 5.97 Å². The zero-order chi connectivity index (χ0) is 12.1. The molecule has 1 aliphatic rings. The summed E-state index contributed by atoms with van der Waals surface area (Å²) in [5.41, 5.74) is 0.524. The SMILES string of the molecule is CC1CCCCC1OOC(=O)c1ccccc1. The van der Waals surface area contributed by atoms with E-state index in [-0.39, 0.29) is 6.10 Å². The van der Waals surface area contributed by atoms with Gasteiger partial charge in [0.2, 0.25) is 0 Å². The number of hydrogen-bond donors (Lipinski definition) is 0. The molecule has 1 saturated carbocycles. The van der Waals surface area contributed by atoms with Crippen molar-refractivity contribution in [1.29, 1.82) is 0 Å². The molecule has 1 aromatic carbocycles. The number of carbonyl (C=O) groups is 1. The Labute approximate surface area is 102 Å². The van der Waals surface area contributed by atoms with E-state index in [2.05, 4.69) is 6.92 Å². The maximum atomic E-state index is 11.6. The molecule has 17 heavy (non-hydrogen) atoms. The normalized spacial score (nSPS) is 24.3. The highest BCUT2D eigenvalue weighted by atomic mass is 17.2. The van der Waals surface area contributed by atoms with Gasteiger partial charge in [0.05, 0.1) is 5.56 Å². The van der Waals surface area contributed by atoms with Crippen LogP contribution in [0.5, 0.6) is 0 Å². The van der Waals surface area contributed by atoms with Crippen molar-refractivity contribution < 1.29 is 14.6 Å². The fraction of sp³-hybridized carbons (Fsp3) is 0.500. The van der Waals surface area contributed by atoms with Crippen LogP contribution in [-0.2, 0) is 9.78 Å². The first-order valence-corrected chi connectivity index (χ1v) is 6.20. The molecule has 2 atom stereocenters. The predicted octanol–water partition coefficient (Wildman–Crippen LogP) is 3.35. The van der Waals surface area contributed by atoms with E-state index in [1.54, 1.807) is 24.3 Å². The van der Waals surface area contributed by atoms with Gasteiger partial charge in [0.15, 0.2) is 0 Å². The quantitative estimate of drug-likeness (QED) is 0.594. The zero-order valence-corrected chi connectivity index (χ0v) is 10.1. The first kappa shape index (κ1) is 12.1. The lowest BCUT2D eigenvalue weighted by Gasteiger charge is -2.26. The van der Waals surface area contributed by atoms with Crippen molar-refractivity contribution in [1.82, 2.24) is 0 Å². The van der Waals surface area contributed by atoms with E-state index >= 15 is 0 Å². The van der Waals surface area contributed by atoms with Crippen LogP contribution in [0.2, 0.25) is 0 Å². The van der Waals surface area contributed by atoms with Crippen molar-refractivity contribution in [3.05, 3.63) is 35.9 Å². The molecule has 92 valence electrons. The highest BCUT2D eigenvalue weighted by Gasteiger charge is 2.24. The van der Waals surface area contributed by atoms with Crippen molar-refractivity contribution in [3.63, 3.8) is 0 Å². The molecule has 0 amide bonds. The second-order valence-corrected chi connectivity index (χ2v) is 4.63. The van der Waals surface area contributed by atoms with E-state index in [9.17, 15) is 4.79 Å². The second-order valence-electron chi connectivity index (χ2n) is 4.63. The van der Waals surface area contributed by atoms with Gasteiger partial charge in [-0.15, -0.1) is 0 Å². The average Bonchev–Trinajstić information content (AvgIpc) is 2.38. The molecule has 0 radical (unpaired) electrons. The van der Waals surface area contributed by atoms with Crippen LogP contribution in [0, 0.1) is 5.92 Å². The maximum Gasteiger partial charge on any atom is 0.373 e. The van der Waals surface area contributed by atoms with Gasteiger partial charge in [0, 0.05) is 0 Å². The smallest absolute Gasteiger partial charge is 0.293 e. The third-order valence-electron chi connectivity index (χ3n) is 3.29. The standard InChI is InChI=1S/C14H18O3/c1-11-7-5-6-10-13(11)16-17-14(15)12-8-3-2-4-9-12/h2-4,8-9,11,13H,5-7,10H2,1H3. The van der Waals surface area contributed by atoms with Crippen LogP contribution in [0.3, 0.4) is 0 Å². The minimum Gasteiger partial charge on any atom is -0.293 e. The lowest BCUT2D eigenvalue weighted by molar-refractivity contribution is -0.289. The van der Waals surface area contributed by atoms with Crippen LogP contribution in [-0.4, -0.2) is 12.1 Å². The molecule has 1 aliphatic carbocycles. The Hall–Kier alpha value is -1.35. The van der Waals surface area contributed by atoms with Crippen molar-refractivity contribution in [2.24, 2.45) is 5.92 Å². The summed E-state index contributed by atoms with van der Waals surface area (Å²) in [6, 6.07) is 8.91. The minimum atomic E-state index is -0.414. The monoisotopic (exact) mass is 234 g/mol. The molecular formula is C14H18O3. The van der Waals surface area contributed by atoms with Gasteiger partial charge in [-0.05, 0) is 30.9 Å². The summed E-state index contributed by atoms with van der Waals surface area (Å²) in [5.74, 6) is 0.0516. The third-order valence-corrected chi connectivity index (χ3v) is 3.29. The van der Waals surface area contributed by atoms with E-state index in [1.165, 1.54) is 6.42 Å². The molecule has 0 aromatic heterocycles. The molecule has 2 unspecified atom stereocenters. The predicted molar refractivity (Wildman–Crippen MR) is 64.4 cm³/mol. The summed E-state index contributed by atoms with van der Waals surface area (Å²) < 4.78 is 0. The Morgan fingerprint density at radius 1 is 1.18 bits per heavy atom. The van der Waals surface area contributed by atoms with E-state index in [0.29, 0.717) is 11.5 Å². The molecule has 0 N–H and O–H groups in total. The van der Waals surface area contributed by atoms with E-state index in [4.69, 9.17) is 9.78 Å². The molecule has 0 saturated heterocycles. The highest BCUT2D eigenvalue weighted by molar-refractivity contribution is 5.88. The van der Waals surface area contributed by atoms with Gasteiger partial charge in [0.25, 0.3) is 0 Å². The van der Waals surface area contributed by atoms with Gasteiger partial charge in [-0.25, -0.2) is 4.79 Å². The Bertz CT molecular complexity index is 361. The fourth-order valence-electron chi connectivity index (χ4n) is 2.15. The van der Waals surface area contributed by atoms with Crippen LogP contribution in [0.25, 0.3) is 0 Å². The molecule has 3 nitrogen and oxygen atoms in total. The Balaban J connectivity index is 1.84. The molecule has 0 heterocycles. The maximum absolute atomic E-state index is 11.6. The van der Waals surface area contributed by atoms with Crippen LogP contribution < -0.4 is 0 Å². The number of hydrogen-bond acceptors (Lipinski definition) is 3. The lowest BCUT2D eigenvalue weighted by atomic mass is 9.88. The van der Waals surface area contributed by atoms with Crippen LogP contribution in [0.4, 0.5) is 0 Å². The van der Waals surface area contributed by atoms with Gasteiger partial charge in [-0.1, -0.05) is 38.0 Å². The topological polar surface area (TPSA) is 35.5 Å². The van der Waals surface area contributed by atoms with Gasteiger partial charge < -0.3 is 0 Å². The van der Waals surface area contributed by atoms with Crippen molar-refractivity contribution in [2.75, 3.05) is 0 Å². The average molecular weight is 234 g/mol. The number of benzene rings is 1. The fourth-order valence-corrected chi connectivity index (χ4v) is 2.15. The molecule has 1 fully saturated rings. The molecule has 0 spiro atoms. The molecule has 3 heteroatoms. The van der Waals surface area contributed by atoms with Crippen LogP contribution in [0.15, 0.2) is 30.3 Å². The third kappa shape index (κ3) is 3.30. The van der Waals surface area contributed by atoms with E-state index in [1.807, 2.05) is 6.07 Å². The molecule has 2 rings (SSSR count). The minimum absolute atomic E-state index is 0.0522. The van der Waals surface area contributed by atoms with Crippen molar-refractivity contribution in [2.45, 2.75) is 38.7 Å². The van der Waals surface area contributed by atoms with Crippen molar-refractivity contribution in [3.8, 4) is 0 Å². The van der Waals surface area contributed by atoms with Crippen LogP contribution in [0.1, 0.15) is 43.0 Å². The van der Waals surface area contributed by atoms with Crippen LogP contribution >= 0.6 is 0 Å². The van der Waals surface area contributed by atoms with E-state index in [0.717, 1.165) is 19.3 Å². The zero-order valence-electron chi connectivity index (χ0n) is 10.1. The van der Waals surface area contributed by atoms with Gasteiger partial charge in [-0.3, -0.25) is 4.89 Å². The first-order chi connectivity index (χ1) is 8.27. The summed E-state index contributed by atoms with van der Waals surface area (Å²) in [5, 5.41) is 0. The summed E-state index contributed by atoms with van der Waals surface area (Å²) in [4.78, 5) is 21.8. The molecule has 1 aromatic rings. The van der Waals surface area contributed by atoms with Gasteiger partial charge in [-0.2, -0.15) is 4.89 Å². The summed E-state index contributed by atoms with van der Waals surface area (Å²) in [6.45, 7) is 2.14. The summed E-state index contributed by atoms with van der Waals surface area (Å²) in [6.07, 6.45) is 4.57. The lowest BCUT2D eigenvalue weighted by Crippen LogP contribution is -2.26. The summed E-state index contributed by atoms with van der Waals surface area (Å²) >= 11 is 0. The van der Waals surface area contributed by atoms with Gasteiger partial charge >= 0.3 is 5.97 Å². The number of rotatable bonds is 3. The Morgan fingerprint density at radius 2 is 1.88 bits per heavy atom. The molecular weight excluding hydrogens is 216 g/mol. The highest BCUT2D eigenvalue weighted by Crippen LogP contribution is 2.26. The van der Waals surface area contributed by atoms with E-state index < -0.39 is 5.97 Å². The second kappa shape index (κ2) is 5.82.